The second-order valence-electron chi connectivity index (χ2n) is 13.0. The molecule has 0 aromatic heterocycles. The van der Waals surface area contributed by atoms with Gasteiger partial charge < -0.3 is 42.3 Å². The number of carbonyl (C=O) groups is 7. The number of halogens is 1. The van der Waals surface area contributed by atoms with E-state index in [-0.39, 0.29) is 31.4 Å². The van der Waals surface area contributed by atoms with Crippen LogP contribution in [0.3, 0.4) is 0 Å². The third kappa shape index (κ3) is 9.84. The smallest absolute Gasteiger partial charge is 0.405 e. The second-order valence-corrected chi connectivity index (χ2v) is 13.0. The van der Waals surface area contributed by atoms with Crippen LogP contribution in [0.15, 0.2) is 66.7 Å². The molecule has 15 nitrogen and oxygen atoms in total. The average Bonchev–Trinajstić information content (AvgIpc) is 3.12. The maximum absolute atomic E-state index is 14.8. The molecule has 0 saturated heterocycles. The number of benzene rings is 3. The van der Waals surface area contributed by atoms with E-state index in [1.165, 1.54) is 0 Å². The van der Waals surface area contributed by atoms with Crippen molar-refractivity contribution in [2.24, 2.45) is 5.73 Å². The van der Waals surface area contributed by atoms with Gasteiger partial charge in [0.2, 0.25) is 23.6 Å². The van der Waals surface area contributed by atoms with Crippen LogP contribution in [0, 0.1) is 0 Å². The molecule has 282 valence electrons. The first kappa shape index (κ1) is 39.7. The number of nitrogens with two attached hydrogens (primary N) is 1. The zero-order chi connectivity index (χ0) is 38.8. The number of alkyl halides is 1. The van der Waals surface area contributed by atoms with Crippen molar-refractivity contribution in [3.8, 4) is 0 Å². The number of carbonyl (C=O) groups excluding carboxylic acids is 4. The molecule has 0 spiro atoms. The quantitative estimate of drug-likeness (QED) is 0.0741. The van der Waals surface area contributed by atoms with Crippen molar-refractivity contribution in [3.05, 3.63) is 83.4 Å². The molecule has 0 heterocycles. The Bertz CT molecular complexity index is 1840. The molecule has 2 atom stereocenters. The summed E-state index contributed by atoms with van der Waals surface area (Å²) in [5.41, 5.74) is 0.702. The normalized spacial score (nSPS) is 15.0. The van der Waals surface area contributed by atoms with Crippen LogP contribution >= 0.6 is 0 Å². The van der Waals surface area contributed by atoms with E-state index in [0.717, 1.165) is 47.0 Å². The van der Waals surface area contributed by atoms with Gasteiger partial charge in [-0.2, -0.15) is 0 Å². The molecule has 53 heavy (non-hydrogen) atoms. The zero-order valence-electron chi connectivity index (χ0n) is 28.7. The van der Waals surface area contributed by atoms with Crippen LogP contribution in [0.5, 0.6) is 0 Å². The fraction of sp³-hybridized carbons (Fsp3) is 0.378. The molecule has 0 aliphatic heterocycles. The number of fused-ring (bicyclic) bond motifs is 1. The lowest BCUT2D eigenvalue weighted by molar-refractivity contribution is -0.168. The highest BCUT2D eigenvalue weighted by Crippen LogP contribution is 2.30. The van der Waals surface area contributed by atoms with Crippen molar-refractivity contribution in [2.75, 3.05) is 6.54 Å². The summed E-state index contributed by atoms with van der Waals surface area (Å²) in [6.45, 7) is 0.234. The highest BCUT2D eigenvalue weighted by Gasteiger charge is 2.49. The van der Waals surface area contributed by atoms with Gasteiger partial charge in [-0.3, -0.25) is 19.2 Å². The van der Waals surface area contributed by atoms with Crippen molar-refractivity contribution in [3.63, 3.8) is 0 Å². The van der Waals surface area contributed by atoms with Crippen molar-refractivity contribution in [1.29, 1.82) is 0 Å². The monoisotopic (exact) mass is 735 g/mol. The van der Waals surface area contributed by atoms with E-state index in [0.29, 0.717) is 25.7 Å². The Morgan fingerprint density at radius 3 is 2.06 bits per heavy atom. The van der Waals surface area contributed by atoms with Gasteiger partial charge in [-0.25, -0.2) is 18.8 Å². The maximum Gasteiger partial charge on any atom is 0.405 e. The van der Waals surface area contributed by atoms with Crippen molar-refractivity contribution < 1.29 is 53.3 Å². The molecule has 1 aliphatic carbocycles. The molecule has 1 aliphatic rings. The Hall–Kier alpha value is -6.06. The van der Waals surface area contributed by atoms with Crippen LogP contribution in [0.25, 0.3) is 10.8 Å². The van der Waals surface area contributed by atoms with Gasteiger partial charge in [0.15, 0.2) is 0 Å². The lowest BCUT2D eigenvalue weighted by Crippen LogP contribution is -2.65. The molecule has 1 saturated carbocycles. The fourth-order valence-electron chi connectivity index (χ4n) is 6.52. The molecule has 16 heteroatoms. The minimum Gasteiger partial charge on any atom is -0.478 e. The number of carboxylic acids is 2. The summed E-state index contributed by atoms with van der Waals surface area (Å²) in [6.07, 6.45) is 0.786. The molecule has 5 amide bonds. The highest BCUT2D eigenvalue weighted by molar-refractivity contribution is 6.02. The first-order chi connectivity index (χ1) is 25.2. The van der Waals surface area contributed by atoms with Gasteiger partial charge in [-0.1, -0.05) is 86.0 Å². The SMILES string of the molecule is NC(=O)C[C@H](NC(=O)C1(NC(=O)[C@H](Cc2ccc(C(F)(C(=O)O)C(=O)O)cc2)NC(=O)O)CCCCC1)C(=O)NCCCc1cccc2ccccc12. The lowest BCUT2D eigenvalue weighted by atomic mass is 9.80. The predicted molar refractivity (Wildman–Crippen MR) is 188 cm³/mol. The summed E-state index contributed by atoms with van der Waals surface area (Å²) in [6, 6.07) is 15.1. The van der Waals surface area contributed by atoms with Gasteiger partial charge in [-0.05, 0) is 47.6 Å². The number of hydrogen-bond donors (Lipinski definition) is 8. The zero-order valence-corrected chi connectivity index (χ0v) is 28.7. The molecule has 9 N–H and O–H groups in total. The number of aliphatic carboxylic acids is 2. The first-order valence-corrected chi connectivity index (χ1v) is 17.1. The van der Waals surface area contributed by atoms with E-state index in [2.05, 4.69) is 21.3 Å². The van der Waals surface area contributed by atoms with Crippen LogP contribution in [-0.2, 0) is 47.3 Å². The highest BCUT2D eigenvalue weighted by atomic mass is 19.1. The van der Waals surface area contributed by atoms with Crippen LogP contribution in [-0.4, -0.2) is 81.1 Å². The summed E-state index contributed by atoms with van der Waals surface area (Å²) in [5, 5.41) is 40.0. The molecule has 0 radical (unpaired) electrons. The number of nitrogens with one attached hydrogen (secondary N) is 4. The molecule has 1 fully saturated rings. The van der Waals surface area contributed by atoms with Crippen LogP contribution < -0.4 is 27.0 Å². The van der Waals surface area contributed by atoms with Gasteiger partial charge in [0.05, 0.1) is 6.42 Å². The molecular formula is C37H42FN5O10. The van der Waals surface area contributed by atoms with E-state index in [1.807, 2.05) is 42.5 Å². The summed E-state index contributed by atoms with van der Waals surface area (Å²) >= 11 is 0. The molecule has 0 unspecified atom stereocenters. The lowest BCUT2D eigenvalue weighted by Gasteiger charge is -2.38. The third-order valence-electron chi connectivity index (χ3n) is 9.33. The number of amides is 5. The fourth-order valence-corrected chi connectivity index (χ4v) is 6.52. The maximum atomic E-state index is 14.8. The van der Waals surface area contributed by atoms with Gasteiger partial charge in [0.25, 0.3) is 0 Å². The minimum atomic E-state index is -3.74. The standard InChI is InChI=1S/C37H42FN5O10/c38-37(33(48)49,34(50)51)25-15-13-22(14-16-25)20-27(42-35(52)53)31(46)43-36(17-4-1-5-18-36)32(47)41-28(21-29(39)44)30(45)40-19-7-11-24-10-6-9-23-8-2-3-12-26(23)24/h2-3,6,8-10,12-16,27-28,42H,1,4-5,7,11,17-21H2,(H2,39,44)(H,40,45)(H,41,47)(H,43,46)(H,48,49)(H,50,51)(H,52,53)/t27-,28-/m0/s1. The number of hydrogen-bond acceptors (Lipinski definition) is 7. The van der Waals surface area contributed by atoms with Gasteiger partial charge in [-0.15, -0.1) is 0 Å². The van der Waals surface area contributed by atoms with E-state index in [4.69, 9.17) is 15.9 Å². The summed E-state index contributed by atoms with van der Waals surface area (Å²) in [5.74, 6) is -7.66. The molecular weight excluding hydrogens is 693 g/mol. The van der Waals surface area contributed by atoms with E-state index in [9.17, 15) is 43.1 Å². The minimum absolute atomic E-state index is 0.137. The van der Waals surface area contributed by atoms with Gasteiger partial charge in [0, 0.05) is 18.5 Å². The number of aryl methyl sites for hydroxylation is 1. The van der Waals surface area contributed by atoms with Crippen LogP contribution in [0.4, 0.5) is 9.18 Å². The summed E-state index contributed by atoms with van der Waals surface area (Å²) < 4.78 is 14.8. The Balaban J connectivity index is 1.45. The van der Waals surface area contributed by atoms with Crippen LogP contribution in [0.1, 0.15) is 61.6 Å². The Morgan fingerprint density at radius 1 is 0.792 bits per heavy atom. The van der Waals surface area contributed by atoms with Crippen molar-refractivity contribution >= 4 is 52.4 Å². The van der Waals surface area contributed by atoms with Crippen molar-refractivity contribution in [1.82, 2.24) is 21.3 Å². The van der Waals surface area contributed by atoms with E-state index < -0.39 is 76.9 Å². The molecule has 3 aromatic carbocycles. The van der Waals surface area contributed by atoms with Crippen molar-refractivity contribution in [2.45, 2.75) is 81.1 Å². The topological polar surface area (TPSA) is 254 Å². The number of carboxylic acid groups (broad SMARTS) is 3. The number of rotatable bonds is 17. The molecule has 4 rings (SSSR count). The van der Waals surface area contributed by atoms with E-state index in [1.54, 1.807) is 0 Å². The Morgan fingerprint density at radius 2 is 1.43 bits per heavy atom. The Kier molecular flexibility index (Phi) is 13.1. The summed E-state index contributed by atoms with van der Waals surface area (Å²) in [4.78, 5) is 87.1. The van der Waals surface area contributed by atoms with Crippen LogP contribution in [0.2, 0.25) is 0 Å². The largest absolute Gasteiger partial charge is 0.478 e. The van der Waals surface area contributed by atoms with Gasteiger partial charge in [0.1, 0.15) is 17.6 Å². The summed E-state index contributed by atoms with van der Waals surface area (Å²) in [7, 11) is 0. The first-order valence-electron chi connectivity index (χ1n) is 17.1. The predicted octanol–water partition coefficient (Wildman–Crippen LogP) is 2.28. The molecule has 3 aromatic rings. The Labute approximate surface area is 303 Å². The van der Waals surface area contributed by atoms with E-state index >= 15 is 0 Å². The van der Waals surface area contributed by atoms with Gasteiger partial charge >= 0.3 is 23.7 Å². The average molecular weight is 736 g/mol. The third-order valence-corrected chi connectivity index (χ3v) is 9.33. The number of primary amides is 1. The molecule has 0 bridgehead atoms. The second kappa shape index (κ2) is 17.4.